The Morgan fingerprint density at radius 1 is 1.17 bits per heavy atom. The molecular weight excluding hydrogens is 330 g/mol. The van der Waals surface area contributed by atoms with Crippen LogP contribution in [0.4, 0.5) is 5.82 Å². The zero-order chi connectivity index (χ0) is 17.0. The SMILES string of the molecule is CS(=O)(=O)NCCc1nnc2ccc(NCc3ccccn3)nn12. The van der Waals surface area contributed by atoms with E-state index < -0.39 is 10.0 Å². The summed E-state index contributed by atoms with van der Waals surface area (Å²) in [6.07, 6.45) is 3.25. The highest BCUT2D eigenvalue weighted by Gasteiger charge is 2.09. The number of rotatable bonds is 7. The molecule has 0 aliphatic carbocycles. The molecule has 9 nitrogen and oxygen atoms in total. The fourth-order valence-corrected chi connectivity index (χ4v) is 2.59. The van der Waals surface area contributed by atoms with Gasteiger partial charge in [-0.15, -0.1) is 15.3 Å². The third-order valence-corrected chi connectivity index (χ3v) is 3.95. The standard InChI is InChI=1S/C14H17N7O2S/c1-24(22,23)17-9-7-14-19-18-13-6-5-12(20-21(13)14)16-10-11-4-2-3-8-15-11/h2-6,8,17H,7,9-10H2,1H3,(H,16,20). The maximum absolute atomic E-state index is 11.1. The van der Waals surface area contributed by atoms with Crippen LogP contribution in [0.3, 0.4) is 0 Å². The molecule has 0 spiro atoms. The summed E-state index contributed by atoms with van der Waals surface area (Å²) >= 11 is 0. The predicted molar refractivity (Wildman–Crippen MR) is 88.9 cm³/mol. The van der Waals surface area contributed by atoms with Gasteiger partial charge in [-0.25, -0.2) is 13.1 Å². The Hall–Kier alpha value is -2.59. The number of pyridine rings is 1. The van der Waals surface area contributed by atoms with Crippen LogP contribution in [0.25, 0.3) is 5.65 Å². The minimum Gasteiger partial charge on any atom is -0.363 e. The fraction of sp³-hybridized carbons (Fsp3) is 0.286. The van der Waals surface area contributed by atoms with Crippen LogP contribution in [0.15, 0.2) is 36.5 Å². The van der Waals surface area contributed by atoms with Crippen molar-refractivity contribution < 1.29 is 8.42 Å². The van der Waals surface area contributed by atoms with E-state index in [1.807, 2.05) is 24.3 Å². The maximum Gasteiger partial charge on any atom is 0.208 e. The smallest absolute Gasteiger partial charge is 0.208 e. The normalized spacial score (nSPS) is 11.7. The van der Waals surface area contributed by atoms with E-state index in [2.05, 4.69) is 30.3 Å². The summed E-state index contributed by atoms with van der Waals surface area (Å²) in [5.74, 6) is 1.24. The summed E-state index contributed by atoms with van der Waals surface area (Å²) in [6.45, 7) is 0.791. The largest absolute Gasteiger partial charge is 0.363 e. The lowest BCUT2D eigenvalue weighted by Gasteiger charge is -2.06. The van der Waals surface area contributed by atoms with Crippen LogP contribution in [-0.2, 0) is 23.0 Å². The van der Waals surface area contributed by atoms with Gasteiger partial charge in [0.05, 0.1) is 18.5 Å². The molecule has 0 radical (unpaired) electrons. The van der Waals surface area contributed by atoms with E-state index in [4.69, 9.17) is 0 Å². The highest BCUT2D eigenvalue weighted by atomic mass is 32.2. The fourth-order valence-electron chi connectivity index (χ4n) is 2.12. The molecule has 0 saturated heterocycles. The van der Waals surface area contributed by atoms with E-state index >= 15 is 0 Å². The van der Waals surface area contributed by atoms with Crippen LogP contribution < -0.4 is 10.0 Å². The van der Waals surface area contributed by atoms with Crippen LogP contribution in [0.1, 0.15) is 11.5 Å². The Bertz CT molecular complexity index is 925. The molecule has 2 N–H and O–H groups in total. The molecule has 0 saturated carbocycles. The molecule has 0 amide bonds. The van der Waals surface area contributed by atoms with Crippen molar-refractivity contribution in [1.29, 1.82) is 0 Å². The van der Waals surface area contributed by atoms with Crippen LogP contribution in [0.2, 0.25) is 0 Å². The molecule has 3 heterocycles. The number of anilines is 1. The zero-order valence-corrected chi connectivity index (χ0v) is 13.9. The van der Waals surface area contributed by atoms with Crippen molar-refractivity contribution in [3.05, 3.63) is 48.0 Å². The second-order valence-corrected chi connectivity index (χ2v) is 7.03. The van der Waals surface area contributed by atoms with Crippen molar-refractivity contribution >= 4 is 21.5 Å². The van der Waals surface area contributed by atoms with Gasteiger partial charge in [0.25, 0.3) is 0 Å². The Labute approximate surface area is 139 Å². The number of aromatic nitrogens is 5. The van der Waals surface area contributed by atoms with Crippen molar-refractivity contribution in [3.8, 4) is 0 Å². The number of fused-ring (bicyclic) bond motifs is 1. The van der Waals surface area contributed by atoms with Crippen molar-refractivity contribution in [2.75, 3.05) is 18.1 Å². The molecule has 0 fully saturated rings. The van der Waals surface area contributed by atoms with Crippen molar-refractivity contribution in [2.45, 2.75) is 13.0 Å². The molecule has 0 atom stereocenters. The van der Waals surface area contributed by atoms with Gasteiger partial charge >= 0.3 is 0 Å². The van der Waals surface area contributed by atoms with Gasteiger partial charge in [0.2, 0.25) is 10.0 Å². The molecule has 0 aromatic carbocycles. The first-order valence-electron chi connectivity index (χ1n) is 7.31. The van der Waals surface area contributed by atoms with E-state index in [0.717, 1.165) is 11.9 Å². The lowest BCUT2D eigenvalue weighted by molar-refractivity contribution is 0.586. The van der Waals surface area contributed by atoms with Crippen molar-refractivity contribution in [1.82, 2.24) is 29.5 Å². The topological polar surface area (TPSA) is 114 Å². The maximum atomic E-state index is 11.1. The van der Waals surface area contributed by atoms with Crippen LogP contribution in [0, 0.1) is 0 Å². The summed E-state index contributed by atoms with van der Waals surface area (Å²) in [5, 5.41) is 15.7. The average molecular weight is 347 g/mol. The lowest BCUT2D eigenvalue weighted by atomic mass is 10.3. The van der Waals surface area contributed by atoms with Crippen molar-refractivity contribution in [3.63, 3.8) is 0 Å². The third-order valence-electron chi connectivity index (χ3n) is 3.22. The van der Waals surface area contributed by atoms with Gasteiger partial charge in [0.15, 0.2) is 11.5 Å². The number of nitrogens with one attached hydrogen (secondary N) is 2. The molecule has 126 valence electrons. The first-order chi connectivity index (χ1) is 11.5. The average Bonchev–Trinajstić information content (AvgIpc) is 2.95. The van der Waals surface area contributed by atoms with Gasteiger partial charge in [-0.2, -0.15) is 4.52 Å². The molecule has 10 heteroatoms. The highest BCUT2D eigenvalue weighted by molar-refractivity contribution is 7.88. The molecule has 3 aromatic rings. The Kier molecular flexibility index (Phi) is 4.67. The van der Waals surface area contributed by atoms with E-state index in [-0.39, 0.29) is 6.54 Å². The van der Waals surface area contributed by atoms with Gasteiger partial charge < -0.3 is 5.32 Å². The van der Waals surface area contributed by atoms with Gasteiger partial charge in [0, 0.05) is 19.2 Å². The lowest BCUT2D eigenvalue weighted by Crippen LogP contribution is -2.25. The second kappa shape index (κ2) is 6.89. The Balaban J connectivity index is 1.71. The molecule has 3 aromatic heterocycles. The van der Waals surface area contributed by atoms with E-state index in [1.165, 1.54) is 0 Å². The quantitative estimate of drug-likeness (QED) is 0.628. The molecule has 0 aliphatic rings. The summed E-state index contributed by atoms with van der Waals surface area (Å²) in [5.41, 5.74) is 1.51. The zero-order valence-electron chi connectivity index (χ0n) is 13.0. The third kappa shape index (κ3) is 4.24. The first-order valence-corrected chi connectivity index (χ1v) is 9.20. The summed E-state index contributed by atoms with van der Waals surface area (Å²) in [4.78, 5) is 4.24. The molecule has 0 unspecified atom stereocenters. The highest BCUT2D eigenvalue weighted by Crippen LogP contribution is 2.08. The van der Waals surface area contributed by atoms with Gasteiger partial charge in [0.1, 0.15) is 5.82 Å². The number of sulfonamides is 1. The minimum absolute atomic E-state index is 0.243. The monoisotopic (exact) mass is 347 g/mol. The molecule has 3 rings (SSSR count). The summed E-state index contributed by atoms with van der Waals surface area (Å²) < 4.78 is 26.3. The first kappa shape index (κ1) is 16.3. The number of hydrogen-bond donors (Lipinski definition) is 2. The Morgan fingerprint density at radius 2 is 2.04 bits per heavy atom. The van der Waals surface area contributed by atoms with Crippen LogP contribution in [0.5, 0.6) is 0 Å². The van der Waals surface area contributed by atoms with E-state index in [1.54, 1.807) is 16.8 Å². The number of nitrogens with zero attached hydrogens (tertiary/aromatic N) is 5. The number of hydrogen-bond acceptors (Lipinski definition) is 7. The second-order valence-electron chi connectivity index (χ2n) is 5.20. The van der Waals surface area contributed by atoms with Crippen LogP contribution in [-0.4, -0.2) is 46.0 Å². The summed E-state index contributed by atoms with van der Waals surface area (Å²) in [6, 6.07) is 9.32. The molecule has 24 heavy (non-hydrogen) atoms. The van der Waals surface area contributed by atoms with E-state index in [0.29, 0.717) is 30.3 Å². The minimum atomic E-state index is -3.23. The van der Waals surface area contributed by atoms with Gasteiger partial charge in [-0.1, -0.05) is 6.07 Å². The molecule has 0 aliphatic heterocycles. The van der Waals surface area contributed by atoms with E-state index in [9.17, 15) is 8.42 Å². The predicted octanol–water partition coefficient (Wildman–Crippen LogP) is 0.223. The van der Waals surface area contributed by atoms with Crippen molar-refractivity contribution in [2.24, 2.45) is 0 Å². The molecule has 0 bridgehead atoms. The van der Waals surface area contributed by atoms with Gasteiger partial charge in [-0.05, 0) is 24.3 Å². The summed E-state index contributed by atoms with van der Waals surface area (Å²) in [7, 11) is -3.23. The van der Waals surface area contributed by atoms with Crippen LogP contribution >= 0.6 is 0 Å². The Morgan fingerprint density at radius 3 is 2.79 bits per heavy atom. The van der Waals surface area contributed by atoms with Gasteiger partial charge in [-0.3, -0.25) is 4.98 Å². The molecular formula is C14H17N7O2S.